The van der Waals surface area contributed by atoms with Crippen molar-refractivity contribution in [1.82, 2.24) is 0 Å². The monoisotopic (exact) mass is 342 g/mol. The number of ether oxygens (including phenoxy) is 1. The number of aldehydes is 1. The minimum absolute atomic E-state index is 0.562. The Kier molecular flexibility index (Phi) is 9.33. The Hall–Kier alpha value is -2.33. The van der Waals surface area contributed by atoms with Gasteiger partial charge in [0.15, 0.2) is 0 Å². The maximum absolute atomic E-state index is 10.6. The van der Waals surface area contributed by atoms with E-state index < -0.39 is 0 Å². The second-order valence-electron chi connectivity index (χ2n) is 5.46. The SMILES string of the molecule is CC.CN.Cc1cc(COc2ccc(C=O)cc2)c2c(c1)NCCC2. The standard InChI is InChI=1S/C18H19NO2.C2H6.CH5N/c1-13-9-15(17-3-2-8-19-18(17)10-13)12-21-16-6-4-14(11-20)5-7-16;2*1-2/h4-7,9-11,19H,2-3,8,12H2,1H3;1-2H3;2H2,1H3. The summed E-state index contributed by atoms with van der Waals surface area (Å²) in [5.74, 6) is 0.791. The summed E-state index contributed by atoms with van der Waals surface area (Å²) in [5, 5.41) is 3.46. The van der Waals surface area contributed by atoms with Crippen LogP contribution in [0.4, 0.5) is 5.69 Å². The third kappa shape index (κ3) is 5.91. The van der Waals surface area contributed by atoms with Gasteiger partial charge in [-0.05, 0) is 73.8 Å². The first-order valence-corrected chi connectivity index (χ1v) is 8.88. The molecule has 1 aliphatic rings. The number of hydrogen-bond acceptors (Lipinski definition) is 4. The lowest BCUT2D eigenvalue weighted by atomic mass is 9.96. The van der Waals surface area contributed by atoms with Crippen LogP contribution >= 0.6 is 0 Å². The fraction of sp³-hybridized carbons (Fsp3) is 0.381. The molecule has 0 unspecified atom stereocenters. The van der Waals surface area contributed by atoms with Crippen LogP contribution in [-0.2, 0) is 13.0 Å². The molecule has 0 amide bonds. The number of aryl methyl sites for hydroxylation is 1. The molecule has 2 aromatic rings. The van der Waals surface area contributed by atoms with Gasteiger partial charge in [-0.15, -0.1) is 0 Å². The van der Waals surface area contributed by atoms with E-state index >= 15 is 0 Å². The van der Waals surface area contributed by atoms with E-state index in [4.69, 9.17) is 4.74 Å². The number of carbonyl (C=O) groups is 1. The van der Waals surface area contributed by atoms with Crippen molar-refractivity contribution >= 4 is 12.0 Å². The van der Waals surface area contributed by atoms with Crippen LogP contribution in [0.5, 0.6) is 5.75 Å². The summed E-state index contributed by atoms with van der Waals surface area (Å²) in [6, 6.07) is 11.6. The van der Waals surface area contributed by atoms with E-state index in [1.807, 2.05) is 26.0 Å². The zero-order chi connectivity index (χ0) is 18.7. The van der Waals surface area contributed by atoms with Crippen molar-refractivity contribution in [2.75, 3.05) is 18.9 Å². The normalized spacial score (nSPS) is 11.6. The Morgan fingerprint density at radius 2 is 1.84 bits per heavy atom. The van der Waals surface area contributed by atoms with Gasteiger partial charge in [-0.3, -0.25) is 4.79 Å². The third-order valence-corrected chi connectivity index (χ3v) is 3.82. The maximum Gasteiger partial charge on any atom is 0.150 e. The van der Waals surface area contributed by atoms with E-state index in [1.54, 1.807) is 12.1 Å². The van der Waals surface area contributed by atoms with Crippen LogP contribution < -0.4 is 15.8 Å². The Morgan fingerprint density at radius 1 is 1.16 bits per heavy atom. The quantitative estimate of drug-likeness (QED) is 0.811. The van der Waals surface area contributed by atoms with Gasteiger partial charge < -0.3 is 15.8 Å². The Balaban J connectivity index is 0.000000730. The molecule has 0 radical (unpaired) electrons. The molecule has 0 atom stereocenters. The molecule has 4 nitrogen and oxygen atoms in total. The molecule has 3 N–H and O–H groups in total. The molecule has 1 heterocycles. The molecule has 0 saturated carbocycles. The van der Waals surface area contributed by atoms with Crippen molar-refractivity contribution in [1.29, 1.82) is 0 Å². The van der Waals surface area contributed by atoms with Crippen LogP contribution in [0.25, 0.3) is 0 Å². The highest BCUT2D eigenvalue weighted by molar-refractivity contribution is 5.74. The van der Waals surface area contributed by atoms with Gasteiger partial charge in [-0.2, -0.15) is 0 Å². The van der Waals surface area contributed by atoms with E-state index in [9.17, 15) is 4.79 Å². The zero-order valence-electron chi connectivity index (χ0n) is 15.8. The molecule has 4 heteroatoms. The lowest BCUT2D eigenvalue weighted by molar-refractivity contribution is 0.112. The average Bonchev–Trinajstić information content (AvgIpc) is 2.69. The average molecular weight is 342 g/mol. The third-order valence-electron chi connectivity index (χ3n) is 3.82. The lowest BCUT2D eigenvalue weighted by Gasteiger charge is -2.22. The summed E-state index contributed by atoms with van der Waals surface area (Å²) in [4.78, 5) is 10.6. The van der Waals surface area contributed by atoms with Crippen LogP contribution in [0.2, 0.25) is 0 Å². The van der Waals surface area contributed by atoms with Gasteiger partial charge in [-0.1, -0.05) is 19.9 Å². The Labute approximate surface area is 151 Å². The Bertz CT molecular complexity index is 652. The van der Waals surface area contributed by atoms with E-state index in [2.05, 4.69) is 30.1 Å². The summed E-state index contributed by atoms with van der Waals surface area (Å²) >= 11 is 0. The molecule has 0 aromatic heterocycles. The fourth-order valence-electron chi connectivity index (χ4n) is 2.77. The highest BCUT2D eigenvalue weighted by Gasteiger charge is 2.14. The number of nitrogens with one attached hydrogen (secondary N) is 1. The predicted octanol–water partition coefficient (Wildman–Crippen LogP) is 4.35. The number of hydrogen-bond donors (Lipinski definition) is 2. The van der Waals surface area contributed by atoms with Crippen molar-refractivity contribution in [3.05, 3.63) is 58.7 Å². The van der Waals surface area contributed by atoms with E-state index in [1.165, 1.54) is 29.4 Å². The van der Waals surface area contributed by atoms with Crippen LogP contribution in [0, 0.1) is 6.92 Å². The van der Waals surface area contributed by atoms with Gasteiger partial charge >= 0.3 is 0 Å². The van der Waals surface area contributed by atoms with Gasteiger partial charge in [0, 0.05) is 17.8 Å². The number of carbonyl (C=O) groups excluding carboxylic acids is 1. The van der Waals surface area contributed by atoms with Crippen molar-refractivity contribution in [3.8, 4) is 5.75 Å². The number of anilines is 1. The lowest BCUT2D eigenvalue weighted by Crippen LogP contribution is -2.14. The van der Waals surface area contributed by atoms with E-state index in [-0.39, 0.29) is 0 Å². The highest BCUT2D eigenvalue weighted by atomic mass is 16.5. The van der Waals surface area contributed by atoms with Crippen LogP contribution in [0.3, 0.4) is 0 Å². The van der Waals surface area contributed by atoms with Gasteiger partial charge in [0.2, 0.25) is 0 Å². The molecule has 136 valence electrons. The van der Waals surface area contributed by atoms with Gasteiger partial charge in [0.1, 0.15) is 18.6 Å². The minimum Gasteiger partial charge on any atom is -0.489 e. The summed E-state index contributed by atoms with van der Waals surface area (Å²) in [6.07, 6.45) is 3.11. The number of benzene rings is 2. The maximum atomic E-state index is 10.6. The topological polar surface area (TPSA) is 64.3 Å². The van der Waals surface area contributed by atoms with Crippen LogP contribution in [0.15, 0.2) is 36.4 Å². The molecule has 25 heavy (non-hydrogen) atoms. The summed E-state index contributed by atoms with van der Waals surface area (Å²) in [6.45, 7) is 7.72. The summed E-state index contributed by atoms with van der Waals surface area (Å²) < 4.78 is 5.87. The molecule has 0 bridgehead atoms. The van der Waals surface area contributed by atoms with E-state index in [0.717, 1.165) is 31.4 Å². The Morgan fingerprint density at radius 3 is 2.48 bits per heavy atom. The second-order valence-corrected chi connectivity index (χ2v) is 5.46. The van der Waals surface area contributed by atoms with Crippen molar-refractivity contribution in [2.24, 2.45) is 5.73 Å². The number of nitrogens with two attached hydrogens (primary N) is 1. The molecular weight excluding hydrogens is 312 g/mol. The summed E-state index contributed by atoms with van der Waals surface area (Å²) in [7, 11) is 1.50. The molecule has 0 aliphatic carbocycles. The highest BCUT2D eigenvalue weighted by Crippen LogP contribution is 2.28. The van der Waals surface area contributed by atoms with Gasteiger partial charge in [-0.25, -0.2) is 0 Å². The van der Waals surface area contributed by atoms with Gasteiger partial charge in [0.05, 0.1) is 0 Å². The molecule has 1 aliphatic heterocycles. The number of rotatable bonds is 4. The van der Waals surface area contributed by atoms with Gasteiger partial charge in [0.25, 0.3) is 0 Å². The van der Waals surface area contributed by atoms with Crippen molar-refractivity contribution in [3.63, 3.8) is 0 Å². The molecule has 2 aromatic carbocycles. The first-order chi connectivity index (χ1) is 12.3. The molecule has 0 saturated heterocycles. The second kappa shape index (κ2) is 11.3. The largest absolute Gasteiger partial charge is 0.489 e. The molecular formula is C21H30N2O2. The van der Waals surface area contributed by atoms with Crippen LogP contribution in [0.1, 0.15) is 47.3 Å². The predicted molar refractivity (Wildman–Crippen MR) is 106 cm³/mol. The zero-order valence-corrected chi connectivity index (χ0v) is 15.8. The number of fused-ring (bicyclic) bond motifs is 1. The first kappa shape index (κ1) is 20.7. The van der Waals surface area contributed by atoms with Crippen molar-refractivity contribution < 1.29 is 9.53 Å². The fourth-order valence-corrected chi connectivity index (χ4v) is 2.77. The molecule has 0 fully saturated rings. The van der Waals surface area contributed by atoms with Crippen molar-refractivity contribution in [2.45, 2.75) is 40.2 Å². The first-order valence-electron chi connectivity index (χ1n) is 8.88. The minimum atomic E-state index is 0.562. The van der Waals surface area contributed by atoms with Crippen LogP contribution in [-0.4, -0.2) is 19.9 Å². The molecule has 0 spiro atoms. The van der Waals surface area contributed by atoms with E-state index in [0.29, 0.717) is 12.2 Å². The molecule has 3 rings (SSSR count). The summed E-state index contributed by atoms with van der Waals surface area (Å²) in [5.41, 5.74) is 10.3. The smallest absolute Gasteiger partial charge is 0.150 e.